The molecule has 0 aliphatic carbocycles. The second-order valence-corrected chi connectivity index (χ2v) is 6.22. The van der Waals surface area contributed by atoms with Crippen molar-refractivity contribution in [1.29, 1.82) is 0 Å². The van der Waals surface area contributed by atoms with Crippen molar-refractivity contribution in [3.63, 3.8) is 0 Å². The predicted octanol–water partition coefficient (Wildman–Crippen LogP) is 3.87. The zero-order chi connectivity index (χ0) is 14.0. The number of furan rings is 1. The molecule has 1 unspecified atom stereocenters. The molecular formula is C12H9Cl3FNO2. The molecule has 3 nitrogen and oxygen atoms in total. The van der Waals surface area contributed by atoms with Gasteiger partial charge in [-0.1, -0.05) is 46.9 Å². The van der Waals surface area contributed by atoms with Crippen LogP contribution in [0.4, 0.5) is 4.39 Å². The number of ketones is 1. The van der Waals surface area contributed by atoms with Crippen LogP contribution in [0.15, 0.2) is 34.9 Å². The SMILES string of the molecule is O=C(c1ccc2ccoc2c1)C(NCF)C(Cl)(Cl)Cl. The van der Waals surface area contributed by atoms with Crippen molar-refractivity contribution in [3.05, 3.63) is 36.1 Å². The molecule has 2 aromatic rings. The number of carbonyl (C=O) groups excluding carboxylic acids is 1. The zero-order valence-corrected chi connectivity index (χ0v) is 11.8. The maximum atomic E-state index is 12.4. The third-order valence-electron chi connectivity index (χ3n) is 2.61. The van der Waals surface area contributed by atoms with E-state index in [0.29, 0.717) is 5.58 Å². The first-order valence-electron chi connectivity index (χ1n) is 5.31. The second-order valence-electron chi connectivity index (χ2n) is 3.85. The second kappa shape index (κ2) is 5.67. The molecule has 1 aromatic carbocycles. The van der Waals surface area contributed by atoms with Crippen LogP contribution in [0.25, 0.3) is 11.0 Å². The minimum atomic E-state index is -1.94. The van der Waals surface area contributed by atoms with Crippen LogP contribution in [0.3, 0.4) is 0 Å². The van der Waals surface area contributed by atoms with Crippen molar-refractivity contribution in [2.24, 2.45) is 0 Å². The first-order chi connectivity index (χ1) is 8.93. The lowest BCUT2D eigenvalue weighted by molar-refractivity contribution is 0.0937. The summed E-state index contributed by atoms with van der Waals surface area (Å²) in [6.45, 7) is -0.979. The van der Waals surface area contributed by atoms with Gasteiger partial charge in [-0.05, 0) is 12.1 Å². The lowest BCUT2D eigenvalue weighted by Gasteiger charge is -2.23. The molecule has 0 bridgehead atoms. The van der Waals surface area contributed by atoms with Crippen LogP contribution < -0.4 is 5.32 Å². The summed E-state index contributed by atoms with van der Waals surface area (Å²) in [5.41, 5.74) is 0.814. The molecule has 0 spiro atoms. The van der Waals surface area contributed by atoms with Gasteiger partial charge in [-0.15, -0.1) is 0 Å². The summed E-state index contributed by atoms with van der Waals surface area (Å²) in [6, 6.07) is 5.30. The maximum Gasteiger partial charge on any atom is 0.213 e. The van der Waals surface area contributed by atoms with Crippen molar-refractivity contribution in [1.82, 2.24) is 5.32 Å². The average molecular weight is 325 g/mol. The largest absolute Gasteiger partial charge is 0.464 e. The first-order valence-corrected chi connectivity index (χ1v) is 6.44. The summed E-state index contributed by atoms with van der Waals surface area (Å²) in [7, 11) is 0. The summed E-state index contributed by atoms with van der Waals surface area (Å²) in [5.74, 6) is -0.518. The molecule has 7 heteroatoms. The normalized spacial score (nSPS) is 13.7. The van der Waals surface area contributed by atoms with Crippen molar-refractivity contribution < 1.29 is 13.6 Å². The predicted molar refractivity (Wildman–Crippen MR) is 73.7 cm³/mol. The number of carbonyl (C=O) groups is 1. The quantitative estimate of drug-likeness (QED) is 0.527. The van der Waals surface area contributed by atoms with Crippen LogP contribution in [-0.2, 0) is 0 Å². The molecule has 102 valence electrons. The maximum absolute atomic E-state index is 12.4. The van der Waals surface area contributed by atoms with Gasteiger partial charge in [0.25, 0.3) is 0 Å². The highest BCUT2D eigenvalue weighted by atomic mass is 35.6. The summed E-state index contributed by atoms with van der Waals surface area (Å²) < 4.78 is 15.6. The molecule has 0 saturated heterocycles. The number of benzene rings is 1. The molecule has 0 saturated carbocycles. The summed E-state index contributed by atoms with van der Waals surface area (Å²) in [6.07, 6.45) is 1.51. The van der Waals surface area contributed by atoms with Crippen LogP contribution >= 0.6 is 34.8 Å². The van der Waals surface area contributed by atoms with Crippen LogP contribution in [0.2, 0.25) is 0 Å². The molecule has 0 amide bonds. The van der Waals surface area contributed by atoms with Gasteiger partial charge in [0.1, 0.15) is 18.4 Å². The van der Waals surface area contributed by atoms with Gasteiger partial charge in [0.05, 0.1) is 6.26 Å². The molecule has 0 aliphatic heterocycles. The lowest BCUT2D eigenvalue weighted by Crippen LogP contribution is -2.46. The molecule has 0 aliphatic rings. The fourth-order valence-electron chi connectivity index (χ4n) is 1.71. The van der Waals surface area contributed by atoms with Crippen LogP contribution in [0.5, 0.6) is 0 Å². The van der Waals surface area contributed by atoms with E-state index in [9.17, 15) is 9.18 Å². The van der Waals surface area contributed by atoms with E-state index in [-0.39, 0.29) is 5.56 Å². The zero-order valence-electron chi connectivity index (χ0n) is 9.50. The molecular weight excluding hydrogens is 315 g/mol. The van der Waals surface area contributed by atoms with Gasteiger partial charge in [-0.3, -0.25) is 10.1 Å². The van der Waals surface area contributed by atoms with E-state index in [4.69, 9.17) is 39.2 Å². The van der Waals surface area contributed by atoms with Crippen LogP contribution in [-0.4, -0.2) is 22.4 Å². The van der Waals surface area contributed by atoms with Gasteiger partial charge in [-0.2, -0.15) is 0 Å². The Kier molecular flexibility index (Phi) is 4.36. The van der Waals surface area contributed by atoms with Crippen LogP contribution in [0.1, 0.15) is 10.4 Å². The minimum absolute atomic E-state index is 0.278. The highest BCUT2D eigenvalue weighted by Gasteiger charge is 2.38. The summed E-state index contributed by atoms with van der Waals surface area (Å²) >= 11 is 17.0. The number of alkyl halides is 4. The number of nitrogens with one attached hydrogen (secondary N) is 1. The number of Topliss-reactive ketones (excluding diaryl/α,β-unsaturated/α-hetero) is 1. The topological polar surface area (TPSA) is 42.2 Å². The Bertz CT molecular complexity index is 594. The smallest absolute Gasteiger partial charge is 0.213 e. The number of hydrogen-bond donors (Lipinski definition) is 1. The average Bonchev–Trinajstić information content (AvgIpc) is 2.80. The molecule has 2 rings (SSSR count). The monoisotopic (exact) mass is 323 g/mol. The van der Waals surface area contributed by atoms with E-state index < -0.39 is 22.4 Å². The van der Waals surface area contributed by atoms with Crippen LogP contribution in [0, 0.1) is 0 Å². The van der Waals surface area contributed by atoms with Crippen molar-refractivity contribution in [3.8, 4) is 0 Å². The summed E-state index contributed by atoms with van der Waals surface area (Å²) in [4.78, 5) is 12.2. The molecule has 0 fully saturated rings. The number of hydrogen-bond acceptors (Lipinski definition) is 3. The highest BCUT2D eigenvalue weighted by Crippen LogP contribution is 2.32. The minimum Gasteiger partial charge on any atom is -0.464 e. The highest BCUT2D eigenvalue weighted by molar-refractivity contribution is 6.69. The molecule has 0 radical (unpaired) electrons. The van der Waals surface area contributed by atoms with E-state index in [1.54, 1.807) is 18.2 Å². The van der Waals surface area contributed by atoms with Crippen molar-refractivity contribution >= 4 is 51.6 Å². The van der Waals surface area contributed by atoms with Gasteiger partial charge in [0.15, 0.2) is 5.78 Å². The number of fused-ring (bicyclic) bond motifs is 1. The first kappa shape index (κ1) is 14.6. The Morgan fingerprint density at radius 2 is 2.11 bits per heavy atom. The van der Waals surface area contributed by atoms with Gasteiger partial charge in [0.2, 0.25) is 3.79 Å². The molecule has 1 aromatic heterocycles. The Balaban J connectivity index is 2.35. The van der Waals surface area contributed by atoms with E-state index in [2.05, 4.69) is 5.32 Å². The van der Waals surface area contributed by atoms with E-state index >= 15 is 0 Å². The Morgan fingerprint density at radius 3 is 2.74 bits per heavy atom. The molecule has 1 heterocycles. The Labute approximate surface area is 123 Å². The van der Waals surface area contributed by atoms with E-state index in [1.807, 2.05) is 0 Å². The number of rotatable bonds is 4. The van der Waals surface area contributed by atoms with E-state index in [1.165, 1.54) is 12.3 Å². The van der Waals surface area contributed by atoms with Gasteiger partial charge < -0.3 is 4.42 Å². The standard InChI is InChI=1S/C12H9Cl3FNO2/c13-12(14,15)11(17-6-16)10(18)8-2-1-7-3-4-19-9(7)5-8/h1-5,11,17H,6H2. The molecule has 1 N–H and O–H groups in total. The van der Waals surface area contributed by atoms with Gasteiger partial charge in [0, 0.05) is 10.9 Å². The van der Waals surface area contributed by atoms with Crippen molar-refractivity contribution in [2.75, 3.05) is 6.80 Å². The fraction of sp³-hybridized carbons (Fsp3) is 0.250. The van der Waals surface area contributed by atoms with Gasteiger partial charge in [-0.25, -0.2) is 4.39 Å². The van der Waals surface area contributed by atoms with E-state index in [0.717, 1.165) is 5.39 Å². The molecule has 19 heavy (non-hydrogen) atoms. The lowest BCUT2D eigenvalue weighted by atomic mass is 10.0. The summed E-state index contributed by atoms with van der Waals surface area (Å²) in [5, 5.41) is 3.07. The fourth-order valence-corrected chi connectivity index (χ4v) is 2.24. The Morgan fingerprint density at radius 1 is 1.37 bits per heavy atom. The van der Waals surface area contributed by atoms with Gasteiger partial charge >= 0.3 is 0 Å². The third kappa shape index (κ3) is 3.20. The third-order valence-corrected chi connectivity index (χ3v) is 3.27. The number of halogens is 4. The molecule has 1 atom stereocenters. The Hall–Kier alpha value is -0.810. The van der Waals surface area contributed by atoms with Crippen molar-refractivity contribution in [2.45, 2.75) is 9.83 Å².